The third kappa shape index (κ3) is 3.48. The first-order valence-corrected chi connectivity index (χ1v) is 7.03. The standard InChI is InChI=1S/C15H21FN2O2/c1-3-20-15(19)12(2)17-8-10-18(11-9-17)14-6-4-13(16)5-7-14/h4-7,12H,3,8-11H2,1-2H3. The van der Waals surface area contributed by atoms with Crippen molar-refractivity contribution in [2.75, 3.05) is 37.7 Å². The molecule has 0 aromatic heterocycles. The molecule has 1 aliphatic rings. The minimum Gasteiger partial charge on any atom is -0.465 e. The van der Waals surface area contributed by atoms with Crippen molar-refractivity contribution >= 4 is 11.7 Å². The Morgan fingerprint density at radius 1 is 1.25 bits per heavy atom. The molecule has 110 valence electrons. The number of ether oxygens (including phenoxy) is 1. The van der Waals surface area contributed by atoms with Crippen LogP contribution >= 0.6 is 0 Å². The van der Waals surface area contributed by atoms with Crippen LogP contribution in [0, 0.1) is 5.82 Å². The topological polar surface area (TPSA) is 32.8 Å². The van der Waals surface area contributed by atoms with Crippen molar-refractivity contribution in [1.82, 2.24) is 4.90 Å². The van der Waals surface area contributed by atoms with Gasteiger partial charge < -0.3 is 9.64 Å². The molecule has 0 spiro atoms. The van der Waals surface area contributed by atoms with Crippen molar-refractivity contribution < 1.29 is 13.9 Å². The van der Waals surface area contributed by atoms with Gasteiger partial charge in [-0.1, -0.05) is 0 Å². The van der Waals surface area contributed by atoms with E-state index in [-0.39, 0.29) is 17.8 Å². The lowest BCUT2D eigenvalue weighted by Crippen LogP contribution is -2.52. The number of rotatable bonds is 4. The van der Waals surface area contributed by atoms with Gasteiger partial charge in [-0.05, 0) is 38.1 Å². The van der Waals surface area contributed by atoms with Gasteiger partial charge in [0.15, 0.2) is 0 Å². The van der Waals surface area contributed by atoms with E-state index in [9.17, 15) is 9.18 Å². The van der Waals surface area contributed by atoms with Crippen LogP contribution in [-0.2, 0) is 9.53 Å². The molecule has 0 amide bonds. The number of anilines is 1. The molecule has 1 atom stereocenters. The SMILES string of the molecule is CCOC(=O)C(C)N1CCN(c2ccc(F)cc2)CC1. The summed E-state index contributed by atoms with van der Waals surface area (Å²) in [6, 6.07) is 6.33. The quantitative estimate of drug-likeness (QED) is 0.789. The van der Waals surface area contributed by atoms with Gasteiger partial charge in [0.1, 0.15) is 11.9 Å². The lowest BCUT2D eigenvalue weighted by molar-refractivity contribution is -0.149. The molecule has 1 aromatic carbocycles. The highest BCUT2D eigenvalue weighted by molar-refractivity contribution is 5.75. The molecule has 0 radical (unpaired) electrons. The van der Waals surface area contributed by atoms with Gasteiger partial charge in [0.25, 0.3) is 0 Å². The van der Waals surface area contributed by atoms with E-state index in [2.05, 4.69) is 9.80 Å². The zero-order valence-electron chi connectivity index (χ0n) is 12.0. The molecule has 20 heavy (non-hydrogen) atoms. The van der Waals surface area contributed by atoms with E-state index in [4.69, 9.17) is 4.74 Å². The van der Waals surface area contributed by atoms with Crippen molar-refractivity contribution in [3.8, 4) is 0 Å². The molecule has 0 saturated carbocycles. The summed E-state index contributed by atoms with van der Waals surface area (Å²) in [7, 11) is 0. The number of halogens is 1. The number of nitrogens with zero attached hydrogens (tertiary/aromatic N) is 2. The van der Waals surface area contributed by atoms with E-state index in [1.165, 1.54) is 12.1 Å². The first-order valence-electron chi connectivity index (χ1n) is 7.03. The summed E-state index contributed by atoms with van der Waals surface area (Å²) in [5, 5.41) is 0. The molecular formula is C15H21FN2O2. The maximum atomic E-state index is 12.9. The van der Waals surface area contributed by atoms with Gasteiger partial charge in [0.05, 0.1) is 6.61 Å². The summed E-state index contributed by atoms with van der Waals surface area (Å²) in [6.45, 7) is 7.38. The molecule has 4 nitrogen and oxygen atoms in total. The first kappa shape index (κ1) is 14.8. The highest BCUT2D eigenvalue weighted by atomic mass is 19.1. The summed E-state index contributed by atoms with van der Waals surface area (Å²) in [4.78, 5) is 16.0. The molecule has 0 bridgehead atoms. The number of benzene rings is 1. The van der Waals surface area contributed by atoms with Gasteiger partial charge in [0.2, 0.25) is 0 Å². The summed E-state index contributed by atoms with van der Waals surface area (Å²) in [5.41, 5.74) is 1.02. The average molecular weight is 280 g/mol. The minimum atomic E-state index is -0.219. The number of carbonyl (C=O) groups excluding carboxylic acids is 1. The van der Waals surface area contributed by atoms with Gasteiger partial charge in [-0.2, -0.15) is 0 Å². The Bertz CT molecular complexity index is 442. The number of esters is 1. The van der Waals surface area contributed by atoms with Crippen LogP contribution in [0.5, 0.6) is 0 Å². The van der Waals surface area contributed by atoms with Gasteiger partial charge in [-0.3, -0.25) is 9.69 Å². The minimum absolute atomic E-state index is 0.164. The summed E-state index contributed by atoms with van der Waals surface area (Å²) < 4.78 is 18.0. The van der Waals surface area contributed by atoms with E-state index >= 15 is 0 Å². The van der Waals surface area contributed by atoms with E-state index in [0.29, 0.717) is 6.61 Å². The molecule has 0 N–H and O–H groups in total. The highest BCUT2D eigenvalue weighted by Gasteiger charge is 2.26. The van der Waals surface area contributed by atoms with Crippen LogP contribution in [-0.4, -0.2) is 49.7 Å². The van der Waals surface area contributed by atoms with Crippen molar-refractivity contribution in [3.05, 3.63) is 30.1 Å². The molecule has 5 heteroatoms. The maximum absolute atomic E-state index is 12.9. The van der Waals surface area contributed by atoms with Gasteiger partial charge in [-0.25, -0.2) is 4.39 Å². The van der Waals surface area contributed by atoms with Crippen LogP contribution in [0.3, 0.4) is 0 Å². The maximum Gasteiger partial charge on any atom is 0.323 e. The zero-order valence-corrected chi connectivity index (χ0v) is 12.0. The molecular weight excluding hydrogens is 259 g/mol. The monoisotopic (exact) mass is 280 g/mol. The largest absolute Gasteiger partial charge is 0.465 e. The van der Waals surface area contributed by atoms with Crippen molar-refractivity contribution in [2.24, 2.45) is 0 Å². The normalized spacial score (nSPS) is 17.9. The van der Waals surface area contributed by atoms with Crippen LogP contribution < -0.4 is 4.90 Å². The van der Waals surface area contributed by atoms with Crippen LogP contribution in [0.2, 0.25) is 0 Å². The Morgan fingerprint density at radius 3 is 2.40 bits per heavy atom. The number of hydrogen-bond acceptors (Lipinski definition) is 4. The van der Waals surface area contributed by atoms with Crippen LogP contribution in [0.25, 0.3) is 0 Å². The van der Waals surface area contributed by atoms with E-state index in [1.54, 1.807) is 12.1 Å². The second-order valence-electron chi connectivity index (χ2n) is 4.93. The van der Waals surface area contributed by atoms with Crippen molar-refractivity contribution in [3.63, 3.8) is 0 Å². The van der Waals surface area contributed by atoms with Gasteiger partial charge in [0, 0.05) is 31.9 Å². The Labute approximate surface area is 119 Å². The molecule has 1 saturated heterocycles. The van der Waals surface area contributed by atoms with Gasteiger partial charge >= 0.3 is 5.97 Å². The predicted octanol–water partition coefficient (Wildman–Crippen LogP) is 1.90. The molecule has 2 rings (SSSR count). The lowest BCUT2D eigenvalue weighted by Gasteiger charge is -2.38. The second-order valence-corrected chi connectivity index (χ2v) is 4.93. The number of carbonyl (C=O) groups is 1. The fourth-order valence-corrected chi connectivity index (χ4v) is 2.43. The molecule has 1 aliphatic heterocycles. The predicted molar refractivity (Wildman–Crippen MR) is 76.3 cm³/mol. The second kappa shape index (κ2) is 6.70. The van der Waals surface area contributed by atoms with Crippen molar-refractivity contribution in [1.29, 1.82) is 0 Å². The fraction of sp³-hybridized carbons (Fsp3) is 0.533. The fourth-order valence-electron chi connectivity index (χ4n) is 2.43. The number of hydrogen-bond donors (Lipinski definition) is 0. The summed E-state index contributed by atoms with van der Waals surface area (Å²) in [5.74, 6) is -0.383. The Morgan fingerprint density at radius 2 is 1.85 bits per heavy atom. The highest BCUT2D eigenvalue weighted by Crippen LogP contribution is 2.18. The molecule has 1 heterocycles. The third-order valence-electron chi connectivity index (χ3n) is 3.68. The van der Waals surface area contributed by atoms with E-state index in [0.717, 1.165) is 31.9 Å². The Hall–Kier alpha value is -1.62. The lowest BCUT2D eigenvalue weighted by atomic mass is 10.2. The molecule has 1 unspecified atom stereocenters. The zero-order chi connectivity index (χ0) is 14.5. The molecule has 1 aromatic rings. The first-order chi connectivity index (χ1) is 9.61. The van der Waals surface area contributed by atoms with E-state index < -0.39 is 0 Å². The molecule has 1 fully saturated rings. The van der Waals surface area contributed by atoms with Crippen LogP contribution in [0.4, 0.5) is 10.1 Å². The number of piperazine rings is 1. The smallest absolute Gasteiger partial charge is 0.323 e. The average Bonchev–Trinajstić information content (AvgIpc) is 2.48. The van der Waals surface area contributed by atoms with E-state index in [1.807, 2.05) is 13.8 Å². The van der Waals surface area contributed by atoms with Gasteiger partial charge in [-0.15, -0.1) is 0 Å². The summed E-state index contributed by atoms with van der Waals surface area (Å²) in [6.07, 6.45) is 0. The third-order valence-corrected chi connectivity index (χ3v) is 3.68. The Balaban J connectivity index is 1.89. The summed E-state index contributed by atoms with van der Waals surface area (Å²) >= 11 is 0. The van der Waals surface area contributed by atoms with Crippen LogP contribution in [0.1, 0.15) is 13.8 Å². The molecule has 0 aliphatic carbocycles. The van der Waals surface area contributed by atoms with Crippen LogP contribution in [0.15, 0.2) is 24.3 Å². The van der Waals surface area contributed by atoms with Crippen molar-refractivity contribution in [2.45, 2.75) is 19.9 Å². The Kier molecular flexibility index (Phi) is 4.95.